The Balaban J connectivity index is 1.75. The van der Waals surface area contributed by atoms with Crippen LogP contribution in [0.1, 0.15) is 21.3 Å². The van der Waals surface area contributed by atoms with Gasteiger partial charge in [-0.3, -0.25) is 4.79 Å². The minimum absolute atomic E-state index is 0.144. The molecule has 1 aromatic carbocycles. The average molecular weight is 432 g/mol. The minimum Gasteiger partial charge on any atom is -0.371 e. The molecule has 0 saturated carbocycles. The Morgan fingerprint density at radius 2 is 1.97 bits per heavy atom. The standard InChI is InChI=1S/C20H21N3O4S2/c1-22(2)20(24)18-17(15-9-6-10-21-19(15)28-18)16-13-23(11-12-27-16)29(25,26)14-7-4-3-5-8-14/h3-10,16H,11-13H2,1-2H3/t16-/m0/s1. The smallest absolute Gasteiger partial charge is 0.263 e. The van der Waals surface area contributed by atoms with Gasteiger partial charge in [0, 0.05) is 44.3 Å². The number of morpholine rings is 1. The van der Waals surface area contributed by atoms with Gasteiger partial charge in [0.05, 0.1) is 17.6 Å². The van der Waals surface area contributed by atoms with E-state index >= 15 is 0 Å². The van der Waals surface area contributed by atoms with Crippen molar-refractivity contribution in [2.75, 3.05) is 33.8 Å². The lowest BCUT2D eigenvalue weighted by Crippen LogP contribution is -2.42. The summed E-state index contributed by atoms with van der Waals surface area (Å²) in [5.74, 6) is -0.144. The summed E-state index contributed by atoms with van der Waals surface area (Å²) in [6.07, 6.45) is 1.14. The molecule has 0 aliphatic carbocycles. The van der Waals surface area contributed by atoms with Crippen LogP contribution in [-0.4, -0.2) is 62.3 Å². The third kappa shape index (κ3) is 3.66. The summed E-state index contributed by atoms with van der Waals surface area (Å²) in [5.41, 5.74) is 0.713. The third-order valence-corrected chi connectivity index (χ3v) is 7.83. The zero-order chi connectivity index (χ0) is 20.6. The monoisotopic (exact) mass is 431 g/mol. The maximum atomic E-state index is 13.1. The van der Waals surface area contributed by atoms with Gasteiger partial charge in [-0.25, -0.2) is 13.4 Å². The second-order valence-corrected chi connectivity index (χ2v) is 9.87. The van der Waals surface area contributed by atoms with Gasteiger partial charge < -0.3 is 9.64 Å². The second kappa shape index (κ2) is 7.83. The Morgan fingerprint density at radius 3 is 2.69 bits per heavy atom. The Bertz CT molecular complexity index is 1140. The van der Waals surface area contributed by atoms with E-state index in [1.807, 2.05) is 12.1 Å². The molecule has 2 aromatic heterocycles. The van der Waals surface area contributed by atoms with E-state index in [2.05, 4.69) is 4.98 Å². The van der Waals surface area contributed by atoms with E-state index in [0.717, 1.165) is 10.2 Å². The maximum Gasteiger partial charge on any atom is 0.263 e. The molecule has 7 nitrogen and oxygen atoms in total. The highest BCUT2D eigenvalue weighted by molar-refractivity contribution is 7.89. The first-order chi connectivity index (χ1) is 13.9. The summed E-state index contributed by atoms with van der Waals surface area (Å²) >= 11 is 1.31. The predicted molar refractivity (Wildman–Crippen MR) is 112 cm³/mol. The molecule has 1 aliphatic rings. The van der Waals surface area contributed by atoms with Crippen molar-refractivity contribution >= 4 is 37.5 Å². The molecule has 4 rings (SSSR count). The molecule has 1 atom stereocenters. The number of pyridine rings is 1. The van der Waals surface area contributed by atoms with Gasteiger partial charge in [0.25, 0.3) is 5.91 Å². The molecule has 1 amide bonds. The number of thiophene rings is 1. The number of sulfonamides is 1. The number of fused-ring (bicyclic) bond motifs is 1. The molecule has 0 N–H and O–H groups in total. The molecule has 29 heavy (non-hydrogen) atoms. The largest absolute Gasteiger partial charge is 0.371 e. The lowest BCUT2D eigenvalue weighted by Gasteiger charge is -2.32. The molecule has 152 valence electrons. The van der Waals surface area contributed by atoms with Crippen LogP contribution < -0.4 is 0 Å². The number of benzene rings is 1. The first-order valence-electron chi connectivity index (χ1n) is 9.15. The highest BCUT2D eigenvalue weighted by Gasteiger charge is 2.35. The minimum atomic E-state index is -3.64. The zero-order valence-electron chi connectivity index (χ0n) is 16.1. The average Bonchev–Trinajstić information content (AvgIpc) is 3.13. The maximum absolute atomic E-state index is 13.1. The molecule has 1 saturated heterocycles. The summed E-state index contributed by atoms with van der Waals surface area (Å²) in [4.78, 5) is 20.2. The van der Waals surface area contributed by atoms with Gasteiger partial charge in [0.2, 0.25) is 10.0 Å². The molecule has 0 unspecified atom stereocenters. The number of amides is 1. The highest BCUT2D eigenvalue weighted by atomic mass is 32.2. The van der Waals surface area contributed by atoms with Crippen molar-refractivity contribution in [1.82, 2.24) is 14.2 Å². The van der Waals surface area contributed by atoms with Crippen molar-refractivity contribution in [2.24, 2.45) is 0 Å². The van der Waals surface area contributed by atoms with Crippen molar-refractivity contribution in [2.45, 2.75) is 11.0 Å². The third-order valence-electron chi connectivity index (χ3n) is 4.84. The van der Waals surface area contributed by atoms with Crippen LogP contribution in [0, 0.1) is 0 Å². The molecule has 1 aliphatic heterocycles. The Labute approximate surface area is 173 Å². The summed E-state index contributed by atoms with van der Waals surface area (Å²) in [6.45, 7) is 0.667. The molecule has 0 bridgehead atoms. The Hall–Kier alpha value is -2.33. The zero-order valence-corrected chi connectivity index (χ0v) is 17.7. The molecular weight excluding hydrogens is 410 g/mol. The Kier molecular flexibility index (Phi) is 5.39. The SMILES string of the molecule is CN(C)C(=O)c1sc2ncccc2c1[C@@H]1CN(S(=O)(=O)c2ccccc2)CCO1. The van der Waals surface area contributed by atoms with Gasteiger partial charge in [-0.05, 0) is 18.2 Å². The van der Waals surface area contributed by atoms with Gasteiger partial charge in [0.15, 0.2) is 0 Å². The van der Waals surface area contributed by atoms with E-state index < -0.39 is 16.1 Å². The van der Waals surface area contributed by atoms with Crippen molar-refractivity contribution in [3.8, 4) is 0 Å². The van der Waals surface area contributed by atoms with Crippen LogP contribution in [0.3, 0.4) is 0 Å². The van der Waals surface area contributed by atoms with E-state index in [-0.39, 0.29) is 30.5 Å². The molecular formula is C20H21N3O4S2. The van der Waals surface area contributed by atoms with Crippen molar-refractivity contribution < 1.29 is 17.9 Å². The fourth-order valence-electron chi connectivity index (χ4n) is 3.39. The van der Waals surface area contributed by atoms with Crippen molar-refractivity contribution in [3.05, 3.63) is 59.1 Å². The number of carbonyl (C=O) groups is 1. The predicted octanol–water partition coefficient (Wildman–Crippen LogP) is 2.76. The number of carbonyl (C=O) groups excluding carboxylic acids is 1. The quantitative estimate of drug-likeness (QED) is 0.635. The number of nitrogens with zero attached hydrogens (tertiary/aromatic N) is 3. The molecule has 0 spiro atoms. The first-order valence-corrected chi connectivity index (χ1v) is 11.4. The van der Waals surface area contributed by atoms with Crippen LogP contribution in [0.15, 0.2) is 53.6 Å². The lowest BCUT2D eigenvalue weighted by molar-refractivity contribution is -0.00203. The van der Waals surface area contributed by atoms with Crippen LogP contribution in [0.4, 0.5) is 0 Å². The van der Waals surface area contributed by atoms with Crippen LogP contribution in [0.2, 0.25) is 0 Å². The van der Waals surface area contributed by atoms with E-state index in [0.29, 0.717) is 10.4 Å². The first kappa shape index (κ1) is 20.0. The molecule has 3 heterocycles. The van der Waals surface area contributed by atoms with E-state index in [1.54, 1.807) is 50.6 Å². The number of rotatable bonds is 4. The summed E-state index contributed by atoms with van der Waals surface area (Å²) in [5, 5.41) is 0.826. The van der Waals surface area contributed by atoms with Gasteiger partial charge in [-0.15, -0.1) is 11.3 Å². The molecule has 9 heteroatoms. The molecule has 1 fully saturated rings. The number of hydrogen-bond acceptors (Lipinski definition) is 6. The van der Waals surface area contributed by atoms with Gasteiger partial charge in [0.1, 0.15) is 9.71 Å². The molecule has 0 radical (unpaired) electrons. The highest BCUT2D eigenvalue weighted by Crippen LogP contribution is 2.38. The number of aromatic nitrogens is 1. The van der Waals surface area contributed by atoms with Crippen LogP contribution in [-0.2, 0) is 14.8 Å². The van der Waals surface area contributed by atoms with E-state index in [4.69, 9.17) is 4.74 Å². The van der Waals surface area contributed by atoms with E-state index in [9.17, 15) is 13.2 Å². The van der Waals surface area contributed by atoms with Gasteiger partial charge in [-0.1, -0.05) is 24.3 Å². The van der Waals surface area contributed by atoms with E-state index in [1.165, 1.54) is 20.5 Å². The lowest BCUT2D eigenvalue weighted by atomic mass is 10.0. The fourth-order valence-corrected chi connectivity index (χ4v) is 6.05. The molecule has 3 aromatic rings. The van der Waals surface area contributed by atoms with Crippen LogP contribution in [0.5, 0.6) is 0 Å². The Morgan fingerprint density at radius 1 is 1.21 bits per heavy atom. The van der Waals surface area contributed by atoms with Gasteiger partial charge in [-0.2, -0.15) is 4.31 Å². The topological polar surface area (TPSA) is 79.8 Å². The van der Waals surface area contributed by atoms with Crippen LogP contribution >= 0.6 is 11.3 Å². The van der Waals surface area contributed by atoms with Crippen molar-refractivity contribution in [3.63, 3.8) is 0 Å². The number of hydrogen-bond donors (Lipinski definition) is 0. The van der Waals surface area contributed by atoms with Gasteiger partial charge >= 0.3 is 0 Å². The number of ether oxygens (including phenoxy) is 1. The van der Waals surface area contributed by atoms with Crippen molar-refractivity contribution in [1.29, 1.82) is 0 Å². The van der Waals surface area contributed by atoms with Crippen LogP contribution in [0.25, 0.3) is 10.2 Å². The summed E-state index contributed by atoms with van der Waals surface area (Å²) in [7, 11) is -0.258. The summed E-state index contributed by atoms with van der Waals surface area (Å²) in [6, 6.07) is 12.1. The second-order valence-electron chi connectivity index (χ2n) is 6.94. The summed E-state index contributed by atoms with van der Waals surface area (Å²) < 4.78 is 33.6. The normalized spacial score (nSPS) is 18.1. The fraction of sp³-hybridized carbons (Fsp3) is 0.300.